The van der Waals surface area contributed by atoms with E-state index < -0.39 is 5.82 Å². The summed E-state index contributed by atoms with van der Waals surface area (Å²) in [4.78, 5) is 11.3. The molecule has 2 nitrogen and oxygen atoms in total. The average Bonchev–Trinajstić information content (AvgIpc) is 2.09. The minimum absolute atomic E-state index is 0.00963. The number of methoxy groups -OCH3 is 1. The number of aryl methyl sites for hydroxylation is 1. The van der Waals surface area contributed by atoms with Gasteiger partial charge in [-0.25, -0.2) is 4.39 Å². The smallest absolute Gasteiger partial charge is 0.188 e. The van der Waals surface area contributed by atoms with Crippen molar-refractivity contribution >= 4 is 5.78 Å². The van der Waals surface area contributed by atoms with E-state index in [1.807, 2.05) is 0 Å². The molecule has 0 aliphatic rings. The number of Topliss-reactive ketones (excluding diaryl/α,β-unsaturated/α-hetero) is 1. The molecule has 0 spiro atoms. The summed E-state index contributed by atoms with van der Waals surface area (Å²) in [5.41, 5.74) is 1.16. The number of ketones is 1. The molecule has 0 N–H and O–H groups in total. The molecule has 0 amide bonds. The van der Waals surface area contributed by atoms with E-state index in [9.17, 15) is 9.18 Å². The number of halogens is 1. The molecular formula is C10H11FO2. The Labute approximate surface area is 76.3 Å². The zero-order valence-corrected chi connectivity index (χ0v) is 7.63. The predicted octanol–water partition coefficient (Wildman–Crippen LogP) is 1.96. The van der Waals surface area contributed by atoms with Gasteiger partial charge >= 0.3 is 0 Å². The first-order valence-electron chi connectivity index (χ1n) is 3.93. The van der Waals surface area contributed by atoms with Crippen molar-refractivity contribution < 1.29 is 13.9 Å². The molecule has 1 aromatic rings. The summed E-state index contributed by atoms with van der Waals surface area (Å²) in [7, 11) is 1.44. The third kappa shape index (κ3) is 2.36. The molecule has 0 unspecified atom stereocenters. The summed E-state index contributed by atoms with van der Waals surface area (Å²) in [5.74, 6) is -0.593. The fourth-order valence-electron chi connectivity index (χ4n) is 1.10. The third-order valence-corrected chi connectivity index (χ3v) is 1.78. The largest absolute Gasteiger partial charge is 0.377 e. The fraction of sp³-hybridized carbons (Fsp3) is 0.300. The zero-order chi connectivity index (χ0) is 9.84. The van der Waals surface area contributed by atoms with Crippen LogP contribution in [0.1, 0.15) is 15.9 Å². The summed E-state index contributed by atoms with van der Waals surface area (Å²) in [6.07, 6.45) is 0. The minimum atomic E-state index is -0.398. The first-order chi connectivity index (χ1) is 6.15. The van der Waals surface area contributed by atoms with Crippen LogP contribution in [0.2, 0.25) is 0 Å². The van der Waals surface area contributed by atoms with Crippen LogP contribution in [0.25, 0.3) is 0 Å². The second-order valence-corrected chi connectivity index (χ2v) is 2.82. The first kappa shape index (κ1) is 9.86. The van der Waals surface area contributed by atoms with Gasteiger partial charge in [-0.1, -0.05) is 6.07 Å². The van der Waals surface area contributed by atoms with Gasteiger partial charge in [-0.15, -0.1) is 0 Å². The molecule has 13 heavy (non-hydrogen) atoms. The normalized spacial score (nSPS) is 10.1. The van der Waals surface area contributed by atoms with Gasteiger partial charge in [0.15, 0.2) is 5.78 Å². The van der Waals surface area contributed by atoms with Crippen LogP contribution in [0.4, 0.5) is 4.39 Å². The quantitative estimate of drug-likeness (QED) is 0.668. The lowest BCUT2D eigenvalue weighted by Gasteiger charge is -2.03. The van der Waals surface area contributed by atoms with Crippen LogP contribution in [0, 0.1) is 12.7 Å². The van der Waals surface area contributed by atoms with Gasteiger partial charge < -0.3 is 4.74 Å². The van der Waals surface area contributed by atoms with Gasteiger partial charge in [0.05, 0.1) is 0 Å². The van der Waals surface area contributed by atoms with Gasteiger partial charge in [-0.3, -0.25) is 4.79 Å². The molecule has 70 valence electrons. The van der Waals surface area contributed by atoms with Gasteiger partial charge in [0, 0.05) is 12.7 Å². The van der Waals surface area contributed by atoms with Crippen molar-refractivity contribution in [2.45, 2.75) is 6.92 Å². The summed E-state index contributed by atoms with van der Waals surface area (Å²) in [5, 5.41) is 0. The Balaban J connectivity index is 2.99. The van der Waals surface area contributed by atoms with Crippen molar-refractivity contribution in [3.8, 4) is 0 Å². The molecule has 0 aliphatic heterocycles. The molecule has 0 aliphatic carbocycles. The van der Waals surface area contributed by atoms with E-state index >= 15 is 0 Å². The van der Waals surface area contributed by atoms with Gasteiger partial charge in [-0.2, -0.15) is 0 Å². The summed E-state index contributed by atoms with van der Waals surface area (Å²) < 4.78 is 17.4. The van der Waals surface area contributed by atoms with Crippen molar-refractivity contribution in [1.82, 2.24) is 0 Å². The Morgan fingerprint density at radius 3 is 2.85 bits per heavy atom. The standard InChI is InChI=1S/C10H11FO2/c1-7-3-4-8(11)5-9(7)10(12)6-13-2/h3-5H,6H2,1-2H3. The number of rotatable bonds is 3. The molecule has 3 heteroatoms. The van der Waals surface area contributed by atoms with E-state index in [0.29, 0.717) is 5.56 Å². The molecule has 1 rings (SSSR count). The van der Waals surface area contributed by atoms with Crippen molar-refractivity contribution in [3.63, 3.8) is 0 Å². The predicted molar refractivity (Wildman–Crippen MR) is 47.3 cm³/mol. The molecule has 0 heterocycles. The Kier molecular flexibility index (Phi) is 3.14. The number of ether oxygens (including phenoxy) is 1. The van der Waals surface area contributed by atoms with Gasteiger partial charge in [0.1, 0.15) is 12.4 Å². The van der Waals surface area contributed by atoms with E-state index in [1.54, 1.807) is 13.0 Å². The van der Waals surface area contributed by atoms with Crippen LogP contribution in [0.5, 0.6) is 0 Å². The Morgan fingerprint density at radius 1 is 1.54 bits per heavy atom. The molecular weight excluding hydrogens is 171 g/mol. The molecule has 0 saturated heterocycles. The van der Waals surface area contributed by atoms with Crippen molar-refractivity contribution in [2.75, 3.05) is 13.7 Å². The zero-order valence-electron chi connectivity index (χ0n) is 7.63. The number of carbonyl (C=O) groups excluding carboxylic acids is 1. The Hall–Kier alpha value is -1.22. The Morgan fingerprint density at radius 2 is 2.23 bits per heavy atom. The second-order valence-electron chi connectivity index (χ2n) is 2.82. The highest BCUT2D eigenvalue weighted by Crippen LogP contribution is 2.10. The molecule has 0 radical (unpaired) electrons. The molecule has 0 atom stereocenters. The fourth-order valence-corrected chi connectivity index (χ4v) is 1.10. The third-order valence-electron chi connectivity index (χ3n) is 1.78. The number of hydrogen-bond acceptors (Lipinski definition) is 2. The highest BCUT2D eigenvalue weighted by atomic mass is 19.1. The van der Waals surface area contributed by atoms with Crippen LogP contribution in [-0.4, -0.2) is 19.5 Å². The van der Waals surface area contributed by atoms with Crippen LogP contribution in [-0.2, 0) is 4.74 Å². The van der Waals surface area contributed by atoms with E-state index in [-0.39, 0.29) is 12.4 Å². The van der Waals surface area contributed by atoms with Crippen molar-refractivity contribution in [2.24, 2.45) is 0 Å². The lowest BCUT2D eigenvalue weighted by molar-refractivity contribution is 0.0847. The summed E-state index contributed by atoms with van der Waals surface area (Å²) >= 11 is 0. The van der Waals surface area contributed by atoms with Crippen LogP contribution in [0.15, 0.2) is 18.2 Å². The van der Waals surface area contributed by atoms with Gasteiger partial charge in [0.2, 0.25) is 0 Å². The summed E-state index contributed by atoms with van der Waals surface area (Å²) in [6, 6.07) is 4.15. The van der Waals surface area contributed by atoms with Crippen molar-refractivity contribution in [1.29, 1.82) is 0 Å². The maximum absolute atomic E-state index is 12.8. The molecule has 0 fully saturated rings. The van der Waals surface area contributed by atoms with E-state index in [2.05, 4.69) is 4.74 Å². The first-order valence-corrected chi connectivity index (χ1v) is 3.93. The topological polar surface area (TPSA) is 26.3 Å². The molecule has 0 saturated carbocycles. The SMILES string of the molecule is COCC(=O)c1cc(F)ccc1C. The van der Waals surface area contributed by atoms with E-state index in [0.717, 1.165) is 5.56 Å². The van der Waals surface area contributed by atoms with E-state index in [1.165, 1.54) is 19.2 Å². The lowest BCUT2D eigenvalue weighted by Crippen LogP contribution is -2.09. The molecule has 1 aromatic carbocycles. The number of carbonyl (C=O) groups is 1. The van der Waals surface area contributed by atoms with Crippen molar-refractivity contribution in [3.05, 3.63) is 35.1 Å². The highest BCUT2D eigenvalue weighted by molar-refractivity contribution is 5.98. The number of hydrogen-bond donors (Lipinski definition) is 0. The lowest BCUT2D eigenvalue weighted by atomic mass is 10.1. The monoisotopic (exact) mass is 182 g/mol. The molecule has 0 aromatic heterocycles. The average molecular weight is 182 g/mol. The number of benzene rings is 1. The van der Waals surface area contributed by atoms with E-state index in [4.69, 9.17) is 0 Å². The maximum Gasteiger partial charge on any atom is 0.188 e. The van der Waals surface area contributed by atoms with Crippen LogP contribution in [0.3, 0.4) is 0 Å². The minimum Gasteiger partial charge on any atom is -0.377 e. The van der Waals surface area contributed by atoms with Crippen LogP contribution < -0.4 is 0 Å². The van der Waals surface area contributed by atoms with Gasteiger partial charge in [-0.05, 0) is 24.6 Å². The van der Waals surface area contributed by atoms with Crippen LogP contribution >= 0.6 is 0 Å². The highest BCUT2D eigenvalue weighted by Gasteiger charge is 2.09. The van der Waals surface area contributed by atoms with Gasteiger partial charge in [0.25, 0.3) is 0 Å². The second kappa shape index (κ2) is 4.14. The molecule has 0 bridgehead atoms. The Bertz CT molecular complexity index is 321. The summed E-state index contributed by atoms with van der Waals surface area (Å²) in [6.45, 7) is 1.76. The maximum atomic E-state index is 12.8.